The zero-order valence-electron chi connectivity index (χ0n) is 8.98. The van der Waals surface area contributed by atoms with Crippen molar-refractivity contribution in [3.05, 3.63) is 29.3 Å². The summed E-state index contributed by atoms with van der Waals surface area (Å²) < 4.78 is 0. The topological polar surface area (TPSA) is 66.4 Å². The van der Waals surface area contributed by atoms with E-state index in [9.17, 15) is 9.59 Å². The molecule has 4 nitrogen and oxygen atoms in total. The van der Waals surface area contributed by atoms with Crippen LogP contribution >= 0.6 is 23.4 Å². The van der Waals surface area contributed by atoms with Crippen molar-refractivity contribution in [2.24, 2.45) is 0 Å². The molecule has 0 spiro atoms. The van der Waals surface area contributed by atoms with E-state index in [1.807, 2.05) is 0 Å². The monoisotopic (exact) mass is 273 g/mol. The fourth-order valence-corrected chi connectivity index (χ4v) is 1.90. The third kappa shape index (κ3) is 6.19. The highest BCUT2D eigenvalue weighted by Crippen LogP contribution is 2.13. The molecule has 0 saturated carbocycles. The van der Waals surface area contributed by atoms with Crippen LogP contribution in [0, 0.1) is 0 Å². The van der Waals surface area contributed by atoms with E-state index in [2.05, 4.69) is 5.32 Å². The Kier molecular flexibility index (Phi) is 5.86. The molecule has 0 fully saturated rings. The van der Waals surface area contributed by atoms with Gasteiger partial charge in [-0.2, -0.15) is 11.8 Å². The molecule has 1 aromatic rings. The highest BCUT2D eigenvalue weighted by molar-refractivity contribution is 7.99. The van der Waals surface area contributed by atoms with Gasteiger partial charge in [-0.1, -0.05) is 11.6 Å². The van der Waals surface area contributed by atoms with Gasteiger partial charge < -0.3 is 10.4 Å². The molecule has 17 heavy (non-hydrogen) atoms. The molecule has 1 rings (SSSR count). The molecule has 0 saturated heterocycles. The SMILES string of the molecule is O=C(O)CCSCC(=O)Nc1ccc(Cl)cc1. The smallest absolute Gasteiger partial charge is 0.304 e. The molecule has 0 radical (unpaired) electrons. The molecule has 0 aliphatic rings. The van der Waals surface area contributed by atoms with Crippen molar-refractivity contribution in [2.45, 2.75) is 6.42 Å². The van der Waals surface area contributed by atoms with Gasteiger partial charge in [0.25, 0.3) is 0 Å². The van der Waals surface area contributed by atoms with Gasteiger partial charge in [0, 0.05) is 16.5 Å². The van der Waals surface area contributed by atoms with Gasteiger partial charge >= 0.3 is 5.97 Å². The van der Waals surface area contributed by atoms with E-state index < -0.39 is 5.97 Å². The van der Waals surface area contributed by atoms with Crippen LogP contribution in [0.3, 0.4) is 0 Å². The molecule has 1 amide bonds. The molecule has 92 valence electrons. The quantitative estimate of drug-likeness (QED) is 0.782. The third-order valence-electron chi connectivity index (χ3n) is 1.82. The molecule has 1 aromatic carbocycles. The number of carbonyl (C=O) groups excluding carboxylic acids is 1. The molecule has 0 unspecified atom stereocenters. The Balaban J connectivity index is 2.25. The molecular weight excluding hydrogens is 262 g/mol. The summed E-state index contributed by atoms with van der Waals surface area (Å²) in [5.41, 5.74) is 0.679. The molecule has 0 bridgehead atoms. The molecule has 0 heterocycles. The van der Waals surface area contributed by atoms with Gasteiger partial charge in [0.2, 0.25) is 5.91 Å². The van der Waals surface area contributed by atoms with Gasteiger partial charge in [-0.3, -0.25) is 9.59 Å². The average Bonchev–Trinajstić information content (AvgIpc) is 2.27. The second kappa shape index (κ2) is 7.19. The van der Waals surface area contributed by atoms with Gasteiger partial charge in [0.1, 0.15) is 0 Å². The lowest BCUT2D eigenvalue weighted by Gasteiger charge is -2.04. The van der Waals surface area contributed by atoms with E-state index in [1.165, 1.54) is 11.8 Å². The van der Waals surface area contributed by atoms with Crippen LogP contribution in [0.4, 0.5) is 5.69 Å². The Bertz CT molecular complexity index is 394. The van der Waals surface area contributed by atoms with Gasteiger partial charge in [-0.25, -0.2) is 0 Å². The number of nitrogens with one attached hydrogen (secondary N) is 1. The zero-order chi connectivity index (χ0) is 12.7. The number of halogens is 1. The summed E-state index contributed by atoms with van der Waals surface area (Å²) in [6.07, 6.45) is 0.0683. The molecule has 0 aromatic heterocycles. The van der Waals surface area contributed by atoms with Crippen LogP contribution in [-0.2, 0) is 9.59 Å². The summed E-state index contributed by atoms with van der Waals surface area (Å²) >= 11 is 7.00. The van der Waals surface area contributed by atoms with Gasteiger partial charge in [0.05, 0.1) is 12.2 Å². The first kappa shape index (κ1) is 13.9. The number of benzene rings is 1. The zero-order valence-corrected chi connectivity index (χ0v) is 10.6. The minimum Gasteiger partial charge on any atom is -0.481 e. The van der Waals surface area contributed by atoms with Crippen LogP contribution in [0.1, 0.15) is 6.42 Å². The highest BCUT2D eigenvalue weighted by Gasteiger charge is 2.03. The third-order valence-corrected chi connectivity index (χ3v) is 3.03. The summed E-state index contributed by atoms with van der Waals surface area (Å²) in [4.78, 5) is 21.7. The number of aliphatic carboxylic acids is 1. The van der Waals surface area contributed by atoms with E-state index in [0.717, 1.165) is 0 Å². The van der Waals surface area contributed by atoms with Crippen LogP contribution in [0.25, 0.3) is 0 Å². The van der Waals surface area contributed by atoms with Crippen molar-refractivity contribution in [3.63, 3.8) is 0 Å². The summed E-state index contributed by atoms with van der Waals surface area (Å²) in [5, 5.41) is 11.7. The second-order valence-corrected chi connectivity index (χ2v) is 4.79. The standard InChI is InChI=1S/C11H12ClNO3S/c12-8-1-3-9(4-2-8)13-10(14)7-17-6-5-11(15)16/h1-4H,5-7H2,(H,13,14)(H,15,16). The molecular formula is C11H12ClNO3S. The van der Waals surface area contributed by atoms with Crippen LogP contribution in [0.15, 0.2) is 24.3 Å². The van der Waals surface area contributed by atoms with E-state index in [0.29, 0.717) is 16.5 Å². The largest absolute Gasteiger partial charge is 0.481 e. The van der Waals surface area contributed by atoms with Crippen molar-refractivity contribution in [2.75, 3.05) is 16.8 Å². The number of hydrogen-bond donors (Lipinski definition) is 2. The number of carbonyl (C=O) groups is 2. The number of carboxylic acids is 1. The lowest BCUT2D eigenvalue weighted by molar-refractivity contribution is -0.136. The molecule has 0 aliphatic carbocycles. The lowest BCUT2D eigenvalue weighted by atomic mass is 10.3. The Morgan fingerprint density at radius 2 is 1.94 bits per heavy atom. The second-order valence-electron chi connectivity index (χ2n) is 3.25. The Morgan fingerprint density at radius 3 is 2.53 bits per heavy atom. The van der Waals surface area contributed by atoms with Crippen LogP contribution in [0.2, 0.25) is 5.02 Å². The molecule has 0 aliphatic heterocycles. The maximum atomic E-state index is 11.4. The fourth-order valence-electron chi connectivity index (χ4n) is 1.05. The average molecular weight is 274 g/mol. The number of carboxylic acid groups (broad SMARTS) is 1. The molecule has 6 heteroatoms. The van der Waals surface area contributed by atoms with Gasteiger partial charge in [0.15, 0.2) is 0 Å². The predicted octanol–water partition coefficient (Wildman–Crippen LogP) is 2.49. The highest BCUT2D eigenvalue weighted by atomic mass is 35.5. The fraction of sp³-hybridized carbons (Fsp3) is 0.273. The number of anilines is 1. The van der Waals surface area contributed by atoms with Crippen molar-refractivity contribution in [1.29, 1.82) is 0 Å². The van der Waals surface area contributed by atoms with Crippen molar-refractivity contribution < 1.29 is 14.7 Å². The molecule has 2 N–H and O–H groups in total. The summed E-state index contributed by atoms with van der Waals surface area (Å²) in [5.74, 6) is -0.322. The van der Waals surface area contributed by atoms with Gasteiger partial charge in [-0.15, -0.1) is 0 Å². The Morgan fingerprint density at radius 1 is 1.29 bits per heavy atom. The van der Waals surface area contributed by atoms with Crippen molar-refractivity contribution in [3.8, 4) is 0 Å². The van der Waals surface area contributed by atoms with Crippen molar-refractivity contribution in [1.82, 2.24) is 0 Å². The van der Waals surface area contributed by atoms with Gasteiger partial charge in [-0.05, 0) is 24.3 Å². The lowest BCUT2D eigenvalue weighted by Crippen LogP contribution is -2.14. The summed E-state index contributed by atoms with van der Waals surface area (Å²) in [7, 11) is 0. The number of amides is 1. The molecule has 0 atom stereocenters. The van der Waals surface area contributed by atoms with Crippen LogP contribution < -0.4 is 5.32 Å². The summed E-state index contributed by atoms with van der Waals surface area (Å²) in [6, 6.07) is 6.80. The first-order valence-electron chi connectivity index (χ1n) is 4.93. The van der Waals surface area contributed by atoms with E-state index in [4.69, 9.17) is 16.7 Å². The normalized spacial score (nSPS) is 9.94. The Labute approximate surface area is 108 Å². The minimum absolute atomic E-state index is 0.0683. The van der Waals surface area contributed by atoms with Crippen LogP contribution in [-0.4, -0.2) is 28.5 Å². The number of thioether (sulfide) groups is 1. The number of rotatable bonds is 6. The Hall–Kier alpha value is -1.20. The first-order valence-corrected chi connectivity index (χ1v) is 6.46. The number of hydrogen-bond acceptors (Lipinski definition) is 3. The summed E-state index contributed by atoms with van der Waals surface area (Å²) in [6.45, 7) is 0. The van der Waals surface area contributed by atoms with E-state index >= 15 is 0 Å². The minimum atomic E-state index is -0.851. The maximum Gasteiger partial charge on any atom is 0.304 e. The maximum absolute atomic E-state index is 11.4. The van der Waals surface area contributed by atoms with E-state index in [1.54, 1.807) is 24.3 Å². The van der Waals surface area contributed by atoms with Crippen LogP contribution in [0.5, 0.6) is 0 Å². The van der Waals surface area contributed by atoms with Crippen molar-refractivity contribution >= 4 is 40.9 Å². The first-order chi connectivity index (χ1) is 8.08. The van der Waals surface area contributed by atoms with E-state index in [-0.39, 0.29) is 18.1 Å². The predicted molar refractivity (Wildman–Crippen MR) is 69.7 cm³/mol.